The Bertz CT molecular complexity index is 1260. The van der Waals surface area contributed by atoms with Crippen molar-refractivity contribution in [2.75, 3.05) is 24.0 Å². The minimum absolute atomic E-state index is 0.0136. The fraction of sp³-hybridized carbons (Fsp3) is 0.208. The van der Waals surface area contributed by atoms with Gasteiger partial charge >= 0.3 is 0 Å². The van der Waals surface area contributed by atoms with Gasteiger partial charge in [0.1, 0.15) is 18.9 Å². The molecule has 0 saturated heterocycles. The van der Waals surface area contributed by atoms with Crippen LogP contribution < -0.4 is 14.4 Å². The number of hydrogen-bond donors (Lipinski definition) is 1. The van der Waals surface area contributed by atoms with E-state index in [4.69, 9.17) is 4.74 Å². The van der Waals surface area contributed by atoms with Gasteiger partial charge in [0.05, 0.1) is 22.1 Å². The van der Waals surface area contributed by atoms with Crippen LogP contribution in [0, 0.1) is 24.0 Å². The second-order valence-corrected chi connectivity index (χ2v) is 9.49. The average molecular weight is 484 g/mol. The number of amides is 1. The number of hydrogen-bond acceptors (Lipinski definition) is 6. The lowest BCUT2D eigenvalue weighted by molar-refractivity contribution is -0.384. The van der Waals surface area contributed by atoms with Gasteiger partial charge in [-0.2, -0.15) is 0 Å². The summed E-state index contributed by atoms with van der Waals surface area (Å²) in [5.41, 5.74) is 1.84. The van der Waals surface area contributed by atoms with E-state index in [9.17, 15) is 23.3 Å². The Labute approximate surface area is 198 Å². The Balaban J connectivity index is 1.74. The van der Waals surface area contributed by atoms with Crippen LogP contribution in [0.25, 0.3) is 0 Å². The van der Waals surface area contributed by atoms with E-state index in [0.29, 0.717) is 5.75 Å². The van der Waals surface area contributed by atoms with Crippen LogP contribution in [0.4, 0.5) is 11.4 Å². The van der Waals surface area contributed by atoms with E-state index in [0.717, 1.165) is 21.5 Å². The van der Waals surface area contributed by atoms with E-state index < -0.39 is 27.4 Å². The van der Waals surface area contributed by atoms with Crippen LogP contribution in [-0.2, 0) is 14.8 Å². The van der Waals surface area contributed by atoms with Crippen molar-refractivity contribution in [3.05, 3.63) is 94.0 Å². The predicted molar refractivity (Wildman–Crippen MR) is 128 cm³/mol. The van der Waals surface area contributed by atoms with Gasteiger partial charge in [-0.3, -0.25) is 19.2 Å². The number of carbonyl (C=O) groups excluding carboxylic acids is 1. The lowest BCUT2D eigenvalue weighted by Gasteiger charge is -2.24. The van der Waals surface area contributed by atoms with Crippen LogP contribution in [0.5, 0.6) is 5.75 Å². The number of nitrogens with zero attached hydrogens (tertiary/aromatic N) is 2. The van der Waals surface area contributed by atoms with Crippen molar-refractivity contribution in [1.29, 1.82) is 0 Å². The van der Waals surface area contributed by atoms with Gasteiger partial charge in [0, 0.05) is 12.1 Å². The maximum absolute atomic E-state index is 13.3. The second-order valence-electron chi connectivity index (χ2n) is 7.62. The van der Waals surface area contributed by atoms with E-state index >= 15 is 0 Å². The van der Waals surface area contributed by atoms with E-state index in [1.165, 1.54) is 30.3 Å². The van der Waals surface area contributed by atoms with Gasteiger partial charge in [0.15, 0.2) is 0 Å². The van der Waals surface area contributed by atoms with Crippen LogP contribution in [-0.4, -0.2) is 38.9 Å². The molecule has 0 aliphatic rings. The van der Waals surface area contributed by atoms with Crippen molar-refractivity contribution < 1.29 is 22.9 Å². The molecule has 10 heteroatoms. The predicted octanol–water partition coefficient (Wildman–Crippen LogP) is 3.60. The van der Waals surface area contributed by atoms with Crippen LogP contribution >= 0.6 is 0 Å². The molecular weight excluding hydrogens is 458 g/mol. The van der Waals surface area contributed by atoms with Crippen molar-refractivity contribution in [2.45, 2.75) is 18.7 Å². The molecule has 0 saturated carbocycles. The third kappa shape index (κ3) is 6.32. The molecule has 9 nitrogen and oxygen atoms in total. The number of aryl methyl sites for hydroxylation is 2. The van der Waals surface area contributed by atoms with E-state index in [2.05, 4.69) is 5.32 Å². The maximum Gasteiger partial charge on any atom is 0.271 e. The number of ether oxygens (including phenoxy) is 1. The highest BCUT2D eigenvalue weighted by Crippen LogP contribution is 2.26. The van der Waals surface area contributed by atoms with Gasteiger partial charge in [-0.15, -0.1) is 0 Å². The molecule has 34 heavy (non-hydrogen) atoms. The van der Waals surface area contributed by atoms with Crippen LogP contribution in [0.15, 0.2) is 77.7 Å². The number of sulfonamides is 1. The number of nitro benzene ring substituents is 1. The van der Waals surface area contributed by atoms with Crippen molar-refractivity contribution in [3.63, 3.8) is 0 Å². The Morgan fingerprint density at radius 2 is 1.68 bits per heavy atom. The molecule has 3 aromatic rings. The number of carbonyl (C=O) groups is 1. The summed E-state index contributed by atoms with van der Waals surface area (Å²) in [6.07, 6.45) is 0. The topological polar surface area (TPSA) is 119 Å². The number of non-ortho nitro benzene ring substituents is 1. The van der Waals surface area contributed by atoms with Crippen LogP contribution in [0.1, 0.15) is 11.1 Å². The first kappa shape index (κ1) is 24.7. The summed E-state index contributed by atoms with van der Waals surface area (Å²) in [7, 11) is -4.16. The molecule has 1 N–H and O–H groups in total. The molecule has 0 unspecified atom stereocenters. The molecule has 3 rings (SSSR count). The highest BCUT2D eigenvalue weighted by atomic mass is 32.2. The van der Waals surface area contributed by atoms with Crippen molar-refractivity contribution in [2.24, 2.45) is 0 Å². The molecule has 0 bridgehead atoms. The molecule has 178 valence electrons. The molecule has 0 heterocycles. The zero-order valence-corrected chi connectivity index (χ0v) is 19.6. The minimum Gasteiger partial charge on any atom is -0.492 e. The van der Waals surface area contributed by atoms with E-state index in [1.807, 2.05) is 32.0 Å². The summed E-state index contributed by atoms with van der Waals surface area (Å²) in [6.45, 7) is 3.70. The molecule has 0 atom stereocenters. The monoisotopic (exact) mass is 483 g/mol. The van der Waals surface area contributed by atoms with E-state index in [-0.39, 0.29) is 29.4 Å². The number of nitro groups is 1. The summed E-state index contributed by atoms with van der Waals surface area (Å²) < 4.78 is 33.1. The molecule has 0 aliphatic carbocycles. The van der Waals surface area contributed by atoms with Gasteiger partial charge in [-0.05, 0) is 55.3 Å². The molecule has 0 fully saturated rings. The zero-order valence-electron chi connectivity index (χ0n) is 18.8. The molecule has 0 aliphatic heterocycles. The molecular formula is C24H25N3O6S. The zero-order chi connectivity index (χ0) is 24.7. The number of nitrogens with one attached hydrogen (secondary N) is 1. The Morgan fingerprint density at radius 3 is 2.32 bits per heavy atom. The molecule has 0 aromatic heterocycles. The second kappa shape index (κ2) is 10.8. The molecule has 0 radical (unpaired) electrons. The van der Waals surface area contributed by atoms with Crippen molar-refractivity contribution in [3.8, 4) is 5.75 Å². The standard InChI is InChI=1S/C24H25N3O6S/c1-18-13-19(2)15-22(14-18)33-12-11-25-24(28)17-26(20-7-6-8-21(16-20)27(29)30)34(31,32)23-9-4-3-5-10-23/h3-10,13-16H,11-12,17H2,1-2H3,(H,25,28). The highest BCUT2D eigenvalue weighted by Gasteiger charge is 2.28. The van der Waals surface area contributed by atoms with Gasteiger partial charge < -0.3 is 10.1 Å². The van der Waals surface area contributed by atoms with Crippen LogP contribution in [0.3, 0.4) is 0 Å². The van der Waals surface area contributed by atoms with Gasteiger partial charge in [-0.1, -0.05) is 30.3 Å². The normalized spacial score (nSPS) is 11.0. The first-order chi connectivity index (χ1) is 16.2. The van der Waals surface area contributed by atoms with E-state index in [1.54, 1.807) is 18.2 Å². The Morgan fingerprint density at radius 1 is 1.00 bits per heavy atom. The molecule has 0 spiro atoms. The number of benzene rings is 3. The number of anilines is 1. The lowest BCUT2D eigenvalue weighted by atomic mass is 10.1. The fourth-order valence-corrected chi connectivity index (χ4v) is 4.79. The van der Waals surface area contributed by atoms with Crippen molar-refractivity contribution in [1.82, 2.24) is 5.32 Å². The third-order valence-electron chi connectivity index (χ3n) is 4.84. The van der Waals surface area contributed by atoms with Crippen LogP contribution in [0.2, 0.25) is 0 Å². The largest absolute Gasteiger partial charge is 0.492 e. The summed E-state index contributed by atoms with van der Waals surface area (Å²) in [4.78, 5) is 23.2. The number of rotatable bonds is 10. The maximum atomic E-state index is 13.3. The van der Waals surface area contributed by atoms with Gasteiger partial charge in [-0.25, -0.2) is 8.42 Å². The molecule has 3 aromatic carbocycles. The third-order valence-corrected chi connectivity index (χ3v) is 6.62. The average Bonchev–Trinajstić information content (AvgIpc) is 2.80. The Kier molecular flexibility index (Phi) is 7.85. The first-order valence-electron chi connectivity index (χ1n) is 10.5. The first-order valence-corrected chi connectivity index (χ1v) is 11.9. The van der Waals surface area contributed by atoms with Gasteiger partial charge in [0.25, 0.3) is 15.7 Å². The summed E-state index contributed by atoms with van der Waals surface area (Å²) in [6, 6.07) is 18.5. The van der Waals surface area contributed by atoms with Crippen molar-refractivity contribution >= 4 is 27.3 Å². The smallest absolute Gasteiger partial charge is 0.271 e. The highest BCUT2D eigenvalue weighted by molar-refractivity contribution is 7.92. The summed E-state index contributed by atoms with van der Waals surface area (Å²) in [5, 5.41) is 13.8. The SMILES string of the molecule is Cc1cc(C)cc(OCCNC(=O)CN(c2cccc([N+](=O)[O-])c2)S(=O)(=O)c2ccccc2)c1. The molecule has 1 amide bonds. The fourth-order valence-electron chi connectivity index (χ4n) is 3.36. The lowest BCUT2D eigenvalue weighted by Crippen LogP contribution is -2.41. The summed E-state index contributed by atoms with van der Waals surface area (Å²) in [5.74, 6) is 0.103. The van der Waals surface area contributed by atoms with Gasteiger partial charge in [0.2, 0.25) is 5.91 Å². The summed E-state index contributed by atoms with van der Waals surface area (Å²) >= 11 is 0. The minimum atomic E-state index is -4.16. The Hall–Kier alpha value is -3.92. The quantitative estimate of drug-likeness (QED) is 0.267.